The van der Waals surface area contributed by atoms with E-state index in [1.165, 1.54) is 0 Å². The van der Waals surface area contributed by atoms with Crippen molar-refractivity contribution >= 4 is 47.4 Å². The Hall–Kier alpha value is -1.88. The largest absolute Gasteiger partial charge is 0.355 e. The minimum Gasteiger partial charge on any atom is -0.355 e. The van der Waals surface area contributed by atoms with Crippen LogP contribution in [0.5, 0.6) is 0 Å². The average Bonchev–Trinajstić information content (AvgIpc) is 3.38. The first kappa shape index (κ1) is 24.4. The molecule has 1 saturated carbocycles. The predicted octanol–water partition coefficient (Wildman–Crippen LogP) is 3.32. The molecule has 1 aliphatic carbocycles. The molecule has 0 saturated heterocycles. The van der Waals surface area contributed by atoms with E-state index in [4.69, 9.17) is 16.1 Å². The fourth-order valence-electron chi connectivity index (χ4n) is 3.70. The van der Waals surface area contributed by atoms with E-state index in [9.17, 15) is 4.79 Å². The van der Waals surface area contributed by atoms with Crippen molar-refractivity contribution in [1.29, 1.82) is 0 Å². The van der Waals surface area contributed by atoms with Gasteiger partial charge in [0.05, 0.1) is 12.0 Å². The quantitative estimate of drug-likeness (QED) is 0.328. The fraction of sp³-hybridized carbons (Fsp3) is 0.500. The lowest BCUT2D eigenvalue weighted by Crippen LogP contribution is -2.49. The van der Waals surface area contributed by atoms with E-state index in [0.29, 0.717) is 35.8 Å². The molecule has 30 heavy (non-hydrogen) atoms. The number of aromatic nitrogens is 2. The standard InChI is InChI=1S/C20H27ClN6O2.HI/c1-22-19(24-13-20(9-4-5-10-20)18(28)27(2)3)23-12-16-25-17(26-29-16)14-7-6-8-15(21)11-14;/h6-8,11H,4-5,9-10,12-13H2,1-3H3,(H2,22,23,24);1H. The number of carbonyl (C=O) groups excluding carboxylic acids is 1. The van der Waals surface area contributed by atoms with E-state index in [1.54, 1.807) is 24.1 Å². The monoisotopic (exact) mass is 546 g/mol. The predicted molar refractivity (Wildman–Crippen MR) is 128 cm³/mol. The van der Waals surface area contributed by atoms with Gasteiger partial charge in [-0.2, -0.15) is 4.98 Å². The number of nitrogens with one attached hydrogen (secondary N) is 2. The van der Waals surface area contributed by atoms with Gasteiger partial charge < -0.3 is 20.1 Å². The number of hydrogen-bond donors (Lipinski definition) is 2. The maximum Gasteiger partial charge on any atom is 0.246 e. The number of halogens is 2. The summed E-state index contributed by atoms with van der Waals surface area (Å²) in [4.78, 5) is 23.0. The molecule has 0 radical (unpaired) electrons. The van der Waals surface area contributed by atoms with Gasteiger partial charge in [0.25, 0.3) is 0 Å². The molecule has 164 valence electrons. The minimum absolute atomic E-state index is 0. The van der Waals surface area contributed by atoms with Crippen LogP contribution in [0.4, 0.5) is 0 Å². The molecule has 0 unspecified atom stereocenters. The zero-order chi connectivity index (χ0) is 20.9. The molecule has 8 nitrogen and oxygen atoms in total. The van der Waals surface area contributed by atoms with Crippen LogP contribution >= 0.6 is 35.6 Å². The van der Waals surface area contributed by atoms with Gasteiger partial charge in [-0.25, -0.2) is 0 Å². The first-order valence-corrected chi connectivity index (χ1v) is 10.1. The SMILES string of the molecule is CN=C(NCc1nc(-c2cccc(Cl)c2)no1)NCC1(C(=O)N(C)C)CCCC1.I. The van der Waals surface area contributed by atoms with Gasteiger partial charge in [0.15, 0.2) is 5.96 Å². The third kappa shape index (κ3) is 5.84. The van der Waals surface area contributed by atoms with Crippen LogP contribution in [0.15, 0.2) is 33.8 Å². The highest BCUT2D eigenvalue weighted by Crippen LogP contribution is 2.38. The summed E-state index contributed by atoms with van der Waals surface area (Å²) in [5, 5.41) is 11.1. The highest BCUT2D eigenvalue weighted by molar-refractivity contribution is 14.0. The van der Waals surface area contributed by atoms with Crippen LogP contribution in [-0.4, -0.2) is 54.6 Å². The van der Waals surface area contributed by atoms with Crippen LogP contribution in [0.1, 0.15) is 31.6 Å². The van der Waals surface area contributed by atoms with E-state index in [2.05, 4.69) is 25.8 Å². The summed E-state index contributed by atoms with van der Waals surface area (Å²) in [5.74, 6) is 1.67. The number of carbonyl (C=O) groups is 1. The van der Waals surface area contributed by atoms with Gasteiger partial charge in [-0.1, -0.05) is 41.7 Å². The molecule has 10 heteroatoms. The van der Waals surface area contributed by atoms with Gasteiger partial charge >= 0.3 is 0 Å². The second-order valence-electron chi connectivity index (χ2n) is 7.49. The third-order valence-electron chi connectivity index (χ3n) is 5.20. The van der Waals surface area contributed by atoms with Crippen molar-refractivity contribution < 1.29 is 9.32 Å². The van der Waals surface area contributed by atoms with Crippen LogP contribution in [0.25, 0.3) is 11.4 Å². The molecule has 3 rings (SSSR count). The lowest BCUT2D eigenvalue weighted by Gasteiger charge is -2.31. The Bertz CT molecular complexity index is 880. The Morgan fingerprint density at radius 3 is 2.67 bits per heavy atom. The van der Waals surface area contributed by atoms with E-state index >= 15 is 0 Å². The van der Waals surface area contributed by atoms with Crippen molar-refractivity contribution in [3.63, 3.8) is 0 Å². The van der Waals surface area contributed by atoms with Crippen molar-refractivity contribution in [2.24, 2.45) is 10.4 Å². The summed E-state index contributed by atoms with van der Waals surface area (Å²) in [6.45, 7) is 0.864. The zero-order valence-corrected chi connectivity index (χ0v) is 20.5. The minimum atomic E-state index is -0.370. The topological polar surface area (TPSA) is 95.6 Å². The summed E-state index contributed by atoms with van der Waals surface area (Å²) >= 11 is 6.02. The number of rotatable bonds is 6. The highest BCUT2D eigenvalue weighted by atomic mass is 127. The maximum atomic E-state index is 12.7. The number of aliphatic imine (C=N–C) groups is 1. The van der Waals surface area contributed by atoms with Crippen molar-refractivity contribution in [3.8, 4) is 11.4 Å². The Kier molecular flexibility index (Phi) is 8.90. The molecule has 0 aliphatic heterocycles. The second-order valence-corrected chi connectivity index (χ2v) is 7.92. The summed E-state index contributed by atoms with van der Waals surface area (Å²) in [5.41, 5.74) is 0.422. The highest BCUT2D eigenvalue weighted by Gasteiger charge is 2.42. The van der Waals surface area contributed by atoms with Crippen molar-refractivity contribution in [2.75, 3.05) is 27.7 Å². The molecule has 1 aliphatic rings. The van der Waals surface area contributed by atoms with E-state index < -0.39 is 0 Å². The average molecular weight is 547 g/mol. The summed E-state index contributed by atoms with van der Waals surface area (Å²) < 4.78 is 5.31. The molecule has 1 heterocycles. The number of hydrogen-bond acceptors (Lipinski definition) is 5. The second kappa shape index (κ2) is 10.9. The van der Waals surface area contributed by atoms with Gasteiger partial charge in [0.2, 0.25) is 17.6 Å². The number of amides is 1. The summed E-state index contributed by atoms with van der Waals surface area (Å²) in [6, 6.07) is 7.29. The Morgan fingerprint density at radius 2 is 2.03 bits per heavy atom. The first-order chi connectivity index (χ1) is 13.9. The van der Waals surface area contributed by atoms with Crippen LogP contribution in [0.3, 0.4) is 0 Å². The molecule has 1 amide bonds. The molecule has 0 bridgehead atoms. The number of nitrogens with zero attached hydrogens (tertiary/aromatic N) is 4. The van der Waals surface area contributed by atoms with E-state index in [0.717, 1.165) is 31.2 Å². The first-order valence-electron chi connectivity index (χ1n) is 9.68. The van der Waals surface area contributed by atoms with Crippen molar-refractivity contribution in [3.05, 3.63) is 35.2 Å². The number of benzene rings is 1. The molecule has 0 atom stereocenters. The van der Waals surface area contributed by atoms with Crippen LogP contribution in [0.2, 0.25) is 5.02 Å². The number of guanidine groups is 1. The van der Waals surface area contributed by atoms with Crippen molar-refractivity contribution in [2.45, 2.75) is 32.2 Å². The third-order valence-corrected chi connectivity index (χ3v) is 5.43. The van der Waals surface area contributed by atoms with Gasteiger partial charge in [-0.3, -0.25) is 9.79 Å². The molecule has 1 aromatic carbocycles. The molecule has 1 fully saturated rings. The van der Waals surface area contributed by atoms with Crippen LogP contribution in [-0.2, 0) is 11.3 Å². The van der Waals surface area contributed by atoms with Crippen LogP contribution in [0, 0.1) is 5.41 Å². The normalized spacial score (nSPS) is 15.4. The summed E-state index contributed by atoms with van der Waals surface area (Å²) in [6.07, 6.45) is 3.92. The molecule has 2 N–H and O–H groups in total. The van der Waals surface area contributed by atoms with Crippen LogP contribution < -0.4 is 10.6 Å². The Balaban J connectivity index is 0.00000320. The van der Waals surface area contributed by atoms with E-state index in [-0.39, 0.29) is 35.3 Å². The molecular weight excluding hydrogens is 519 g/mol. The van der Waals surface area contributed by atoms with Crippen molar-refractivity contribution in [1.82, 2.24) is 25.7 Å². The van der Waals surface area contributed by atoms with Gasteiger partial charge in [0.1, 0.15) is 0 Å². The maximum absolute atomic E-state index is 12.7. The summed E-state index contributed by atoms with van der Waals surface area (Å²) in [7, 11) is 5.31. The van der Waals surface area contributed by atoms with E-state index in [1.807, 2.05) is 26.2 Å². The Morgan fingerprint density at radius 1 is 1.30 bits per heavy atom. The van der Waals surface area contributed by atoms with Gasteiger partial charge in [-0.15, -0.1) is 24.0 Å². The zero-order valence-electron chi connectivity index (χ0n) is 17.4. The smallest absolute Gasteiger partial charge is 0.246 e. The Labute approximate surface area is 198 Å². The van der Waals surface area contributed by atoms with Gasteiger partial charge in [-0.05, 0) is 25.0 Å². The lowest BCUT2D eigenvalue weighted by molar-refractivity contribution is -0.138. The molecule has 1 aromatic heterocycles. The molecule has 0 spiro atoms. The lowest BCUT2D eigenvalue weighted by atomic mass is 9.84. The fourth-order valence-corrected chi connectivity index (χ4v) is 3.89. The molecule has 2 aromatic rings. The van der Waals surface area contributed by atoms with Gasteiger partial charge in [0, 0.05) is 38.3 Å². The molecular formula is C20H28ClIN6O2.